The van der Waals surface area contributed by atoms with Crippen molar-refractivity contribution in [2.45, 2.75) is 45.1 Å². The van der Waals surface area contributed by atoms with Gasteiger partial charge >= 0.3 is 0 Å². The van der Waals surface area contributed by atoms with Crippen molar-refractivity contribution >= 4 is 11.7 Å². The van der Waals surface area contributed by atoms with Crippen LogP contribution in [0, 0.1) is 18.7 Å². The fourth-order valence-electron chi connectivity index (χ4n) is 3.60. The first kappa shape index (κ1) is 14.2. The van der Waals surface area contributed by atoms with Gasteiger partial charge in [0.15, 0.2) is 0 Å². The van der Waals surface area contributed by atoms with E-state index in [1.165, 1.54) is 6.07 Å². The Morgan fingerprint density at radius 2 is 2.10 bits per heavy atom. The fourth-order valence-corrected chi connectivity index (χ4v) is 3.60. The van der Waals surface area contributed by atoms with Crippen LogP contribution in [0.2, 0.25) is 0 Å². The Hall–Kier alpha value is -1.71. The first-order valence-corrected chi connectivity index (χ1v) is 7.68. The van der Waals surface area contributed by atoms with Crippen LogP contribution in [0.25, 0.3) is 0 Å². The lowest BCUT2D eigenvalue weighted by molar-refractivity contribution is -0.121. The van der Waals surface area contributed by atoms with Gasteiger partial charge in [-0.05, 0) is 50.3 Å². The molecule has 0 N–H and O–H groups in total. The van der Waals surface area contributed by atoms with Crippen LogP contribution in [0.1, 0.15) is 48.0 Å². The number of likely N-dealkylation sites (tertiary alicyclic amines) is 1. The highest BCUT2D eigenvalue weighted by molar-refractivity contribution is 5.95. The highest BCUT2D eigenvalue weighted by atomic mass is 19.1. The summed E-state index contributed by atoms with van der Waals surface area (Å²) in [5, 5.41) is 0. The van der Waals surface area contributed by atoms with E-state index < -0.39 is 0 Å². The summed E-state index contributed by atoms with van der Waals surface area (Å²) in [6.45, 7) is 2.35. The highest BCUT2D eigenvalue weighted by Crippen LogP contribution is 2.34. The Kier molecular flexibility index (Phi) is 3.79. The van der Waals surface area contributed by atoms with Crippen molar-refractivity contribution in [3.8, 4) is 0 Å². The summed E-state index contributed by atoms with van der Waals surface area (Å²) in [7, 11) is 0. The quantitative estimate of drug-likeness (QED) is 0.839. The van der Waals surface area contributed by atoms with Crippen molar-refractivity contribution < 1.29 is 14.0 Å². The summed E-state index contributed by atoms with van der Waals surface area (Å²) in [5.41, 5.74) is 0.922. The average molecular weight is 289 g/mol. The molecule has 3 rings (SSSR count). The molecule has 21 heavy (non-hydrogen) atoms. The molecular formula is C17H20FNO2. The number of Topliss-reactive ketones (excluding diaryl/α,β-unsaturated/α-hetero) is 1. The van der Waals surface area contributed by atoms with Crippen molar-refractivity contribution in [2.75, 3.05) is 6.54 Å². The monoisotopic (exact) mass is 289 g/mol. The number of nitrogens with zero attached hydrogens (tertiary/aromatic N) is 1. The summed E-state index contributed by atoms with van der Waals surface area (Å²) in [5.74, 6) is -0.217. The van der Waals surface area contributed by atoms with E-state index in [2.05, 4.69) is 0 Å². The van der Waals surface area contributed by atoms with Gasteiger partial charge in [-0.1, -0.05) is 6.07 Å². The van der Waals surface area contributed by atoms with Gasteiger partial charge < -0.3 is 4.90 Å². The van der Waals surface area contributed by atoms with Crippen LogP contribution in [0.5, 0.6) is 0 Å². The Morgan fingerprint density at radius 1 is 1.29 bits per heavy atom. The first-order chi connectivity index (χ1) is 10.1. The molecule has 112 valence electrons. The lowest BCUT2D eigenvalue weighted by Gasteiger charge is -2.28. The summed E-state index contributed by atoms with van der Waals surface area (Å²) in [6, 6.07) is 4.63. The van der Waals surface area contributed by atoms with Crippen molar-refractivity contribution in [3.05, 3.63) is 35.1 Å². The minimum absolute atomic E-state index is 0.00764. The van der Waals surface area contributed by atoms with E-state index in [9.17, 15) is 14.0 Å². The molecule has 1 amide bonds. The zero-order valence-electron chi connectivity index (χ0n) is 12.3. The minimum atomic E-state index is -0.353. The second kappa shape index (κ2) is 5.58. The first-order valence-electron chi connectivity index (χ1n) is 7.68. The van der Waals surface area contributed by atoms with Gasteiger partial charge in [-0.2, -0.15) is 0 Å². The number of hydrogen-bond acceptors (Lipinski definition) is 2. The van der Waals surface area contributed by atoms with E-state index in [0.29, 0.717) is 24.1 Å². The number of carbonyl (C=O) groups is 2. The molecule has 4 heteroatoms. The average Bonchev–Trinajstić information content (AvgIpc) is 3.09. The maximum absolute atomic E-state index is 13.7. The molecule has 0 radical (unpaired) electrons. The van der Waals surface area contributed by atoms with Crippen LogP contribution in [0.15, 0.2) is 18.2 Å². The normalized spacial score (nSPS) is 25.6. The van der Waals surface area contributed by atoms with Crippen LogP contribution < -0.4 is 0 Å². The molecular weight excluding hydrogens is 269 g/mol. The zero-order valence-corrected chi connectivity index (χ0v) is 12.3. The number of halogens is 1. The third-order valence-corrected chi connectivity index (χ3v) is 4.80. The second-order valence-corrected chi connectivity index (χ2v) is 6.14. The minimum Gasteiger partial charge on any atom is -0.335 e. The lowest BCUT2D eigenvalue weighted by atomic mass is 9.94. The molecule has 1 heterocycles. The molecule has 1 saturated carbocycles. The largest absolute Gasteiger partial charge is 0.335 e. The van der Waals surface area contributed by atoms with Crippen LogP contribution in [0.4, 0.5) is 4.39 Å². The number of aryl methyl sites for hydroxylation is 1. The van der Waals surface area contributed by atoms with Crippen LogP contribution in [0.3, 0.4) is 0 Å². The molecule has 3 nitrogen and oxygen atoms in total. The molecule has 0 spiro atoms. The van der Waals surface area contributed by atoms with Gasteiger partial charge in [0.05, 0.1) is 0 Å². The molecule has 2 unspecified atom stereocenters. The smallest absolute Gasteiger partial charge is 0.254 e. The van der Waals surface area contributed by atoms with Gasteiger partial charge in [0.25, 0.3) is 5.91 Å². The topological polar surface area (TPSA) is 37.4 Å². The summed E-state index contributed by atoms with van der Waals surface area (Å²) in [6.07, 6.45) is 4.27. The van der Waals surface area contributed by atoms with Gasteiger partial charge in [0.2, 0.25) is 0 Å². The van der Waals surface area contributed by atoms with Crippen molar-refractivity contribution in [1.29, 1.82) is 0 Å². The Bertz CT molecular complexity index is 584. The number of amides is 1. The van der Waals surface area contributed by atoms with E-state index in [1.54, 1.807) is 24.0 Å². The molecule has 1 aliphatic carbocycles. The van der Waals surface area contributed by atoms with Gasteiger partial charge in [-0.15, -0.1) is 0 Å². The lowest BCUT2D eigenvalue weighted by Crippen LogP contribution is -2.41. The second-order valence-electron chi connectivity index (χ2n) is 6.14. The van der Waals surface area contributed by atoms with Crippen molar-refractivity contribution in [3.63, 3.8) is 0 Å². The number of rotatable bonds is 2. The van der Waals surface area contributed by atoms with E-state index in [1.807, 2.05) is 0 Å². The maximum atomic E-state index is 13.7. The molecule has 1 saturated heterocycles. The molecule has 0 aromatic heterocycles. The fraction of sp³-hybridized carbons (Fsp3) is 0.529. The molecule has 2 atom stereocenters. The van der Waals surface area contributed by atoms with E-state index >= 15 is 0 Å². The van der Waals surface area contributed by atoms with Crippen LogP contribution in [-0.2, 0) is 4.79 Å². The molecule has 1 aliphatic heterocycles. The highest BCUT2D eigenvalue weighted by Gasteiger charge is 2.40. The predicted octanol–water partition coefficient (Wildman–Crippen LogP) is 3.11. The molecule has 0 bridgehead atoms. The summed E-state index contributed by atoms with van der Waals surface area (Å²) < 4.78 is 13.7. The number of carbonyl (C=O) groups excluding carboxylic acids is 2. The number of hydrogen-bond donors (Lipinski definition) is 0. The zero-order chi connectivity index (χ0) is 15.0. The van der Waals surface area contributed by atoms with E-state index in [0.717, 1.165) is 25.7 Å². The van der Waals surface area contributed by atoms with Gasteiger partial charge in [-0.25, -0.2) is 4.39 Å². The van der Waals surface area contributed by atoms with Gasteiger partial charge in [-0.3, -0.25) is 9.59 Å². The van der Waals surface area contributed by atoms with Gasteiger partial charge in [0, 0.05) is 30.5 Å². The third-order valence-electron chi connectivity index (χ3n) is 4.80. The molecule has 2 aliphatic rings. The van der Waals surface area contributed by atoms with Gasteiger partial charge in [0.1, 0.15) is 11.6 Å². The Balaban J connectivity index is 1.82. The SMILES string of the molecule is Cc1ccc(C(=O)N2CCCC2C2CCCC2=O)cc1F. The summed E-state index contributed by atoms with van der Waals surface area (Å²) >= 11 is 0. The summed E-state index contributed by atoms with van der Waals surface area (Å²) in [4.78, 5) is 26.4. The maximum Gasteiger partial charge on any atom is 0.254 e. The number of benzene rings is 1. The Labute approximate surface area is 124 Å². The van der Waals surface area contributed by atoms with Crippen LogP contribution in [-0.4, -0.2) is 29.2 Å². The third kappa shape index (κ3) is 2.59. The molecule has 1 aromatic carbocycles. The number of ketones is 1. The molecule has 2 fully saturated rings. The predicted molar refractivity (Wildman–Crippen MR) is 77.5 cm³/mol. The van der Waals surface area contributed by atoms with Crippen LogP contribution >= 0.6 is 0 Å². The van der Waals surface area contributed by atoms with Crippen molar-refractivity contribution in [2.24, 2.45) is 5.92 Å². The molecule has 1 aromatic rings. The van der Waals surface area contributed by atoms with E-state index in [-0.39, 0.29) is 29.5 Å². The van der Waals surface area contributed by atoms with Crippen molar-refractivity contribution in [1.82, 2.24) is 4.90 Å². The standard InChI is InChI=1S/C17H20FNO2/c1-11-7-8-12(10-14(11)18)17(21)19-9-3-5-15(19)13-4-2-6-16(13)20/h7-8,10,13,15H,2-6,9H2,1H3. The van der Waals surface area contributed by atoms with E-state index in [4.69, 9.17) is 0 Å². The Morgan fingerprint density at radius 3 is 2.76 bits per heavy atom.